The molecule has 1 aromatic rings. The SMILES string of the molecule is CC(C)(C)SCCS(=O)(=O)c1ccc(CN)cc1. The summed E-state index contributed by atoms with van der Waals surface area (Å²) in [6, 6.07) is 6.81. The second kappa shape index (κ2) is 6.08. The average molecular weight is 287 g/mol. The van der Waals surface area contributed by atoms with Crippen molar-refractivity contribution in [2.75, 3.05) is 11.5 Å². The molecule has 0 spiro atoms. The lowest BCUT2D eigenvalue weighted by molar-refractivity contribution is 0.597. The van der Waals surface area contributed by atoms with Crippen molar-refractivity contribution in [3.05, 3.63) is 29.8 Å². The summed E-state index contributed by atoms with van der Waals surface area (Å²) in [5.41, 5.74) is 6.43. The van der Waals surface area contributed by atoms with E-state index in [1.54, 1.807) is 36.0 Å². The van der Waals surface area contributed by atoms with E-state index in [4.69, 9.17) is 5.73 Å². The van der Waals surface area contributed by atoms with Gasteiger partial charge in [0.1, 0.15) is 0 Å². The van der Waals surface area contributed by atoms with Crippen LogP contribution in [0.3, 0.4) is 0 Å². The van der Waals surface area contributed by atoms with Gasteiger partial charge in [0.2, 0.25) is 0 Å². The molecule has 0 radical (unpaired) electrons. The van der Waals surface area contributed by atoms with Gasteiger partial charge in [-0.15, -0.1) is 0 Å². The predicted octanol–water partition coefficient (Wildman–Crippen LogP) is 2.45. The molecule has 102 valence electrons. The van der Waals surface area contributed by atoms with Crippen LogP contribution in [0.4, 0.5) is 0 Å². The van der Waals surface area contributed by atoms with Crippen molar-refractivity contribution >= 4 is 21.6 Å². The first-order valence-electron chi connectivity index (χ1n) is 5.90. The molecule has 0 unspecified atom stereocenters. The topological polar surface area (TPSA) is 60.2 Å². The summed E-state index contributed by atoms with van der Waals surface area (Å²) >= 11 is 1.66. The molecule has 3 nitrogen and oxygen atoms in total. The maximum Gasteiger partial charge on any atom is 0.179 e. The summed E-state index contributed by atoms with van der Waals surface area (Å²) in [5.74, 6) is 0.793. The van der Waals surface area contributed by atoms with Gasteiger partial charge < -0.3 is 5.73 Å². The van der Waals surface area contributed by atoms with Gasteiger partial charge in [0.25, 0.3) is 0 Å². The number of hydrogen-bond acceptors (Lipinski definition) is 4. The lowest BCUT2D eigenvalue weighted by Crippen LogP contribution is -2.14. The highest BCUT2D eigenvalue weighted by molar-refractivity contribution is 8.01. The van der Waals surface area contributed by atoms with Gasteiger partial charge in [-0.3, -0.25) is 0 Å². The van der Waals surface area contributed by atoms with E-state index < -0.39 is 9.84 Å². The zero-order valence-electron chi connectivity index (χ0n) is 11.1. The highest BCUT2D eigenvalue weighted by Gasteiger charge is 2.17. The zero-order valence-corrected chi connectivity index (χ0v) is 12.8. The van der Waals surface area contributed by atoms with Gasteiger partial charge in [-0.2, -0.15) is 11.8 Å². The van der Waals surface area contributed by atoms with Crippen molar-refractivity contribution < 1.29 is 8.42 Å². The van der Waals surface area contributed by atoms with Crippen LogP contribution in [0.25, 0.3) is 0 Å². The number of hydrogen-bond donors (Lipinski definition) is 1. The highest BCUT2D eigenvalue weighted by Crippen LogP contribution is 2.24. The number of rotatable bonds is 5. The fourth-order valence-electron chi connectivity index (χ4n) is 1.41. The minimum Gasteiger partial charge on any atom is -0.326 e. The number of nitrogens with two attached hydrogens (primary N) is 1. The second-order valence-corrected chi connectivity index (χ2v) is 9.16. The first-order valence-corrected chi connectivity index (χ1v) is 8.54. The molecule has 5 heteroatoms. The van der Waals surface area contributed by atoms with Crippen molar-refractivity contribution in [2.45, 2.75) is 37.0 Å². The third-order valence-corrected chi connectivity index (χ3v) is 5.67. The van der Waals surface area contributed by atoms with Crippen LogP contribution < -0.4 is 5.73 Å². The van der Waals surface area contributed by atoms with Crippen LogP contribution in [0, 0.1) is 0 Å². The van der Waals surface area contributed by atoms with Gasteiger partial charge in [0.05, 0.1) is 10.6 Å². The molecule has 0 aliphatic rings. The smallest absolute Gasteiger partial charge is 0.179 e. The maximum atomic E-state index is 12.1. The van der Waals surface area contributed by atoms with E-state index in [0.29, 0.717) is 17.2 Å². The van der Waals surface area contributed by atoms with Gasteiger partial charge in [-0.05, 0) is 17.7 Å². The van der Waals surface area contributed by atoms with Crippen LogP contribution in [0.2, 0.25) is 0 Å². The molecule has 1 rings (SSSR count). The molecular formula is C13H21NO2S2. The van der Waals surface area contributed by atoms with Crippen LogP contribution in [-0.2, 0) is 16.4 Å². The lowest BCUT2D eigenvalue weighted by atomic mass is 10.2. The molecule has 0 heterocycles. The molecule has 0 bridgehead atoms. The van der Waals surface area contributed by atoms with Crippen LogP contribution in [0.15, 0.2) is 29.2 Å². The Bertz CT molecular complexity index is 473. The summed E-state index contributed by atoms with van der Waals surface area (Å²) in [7, 11) is -3.17. The monoisotopic (exact) mass is 287 g/mol. The largest absolute Gasteiger partial charge is 0.326 e. The molecule has 18 heavy (non-hydrogen) atoms. The lowest BCUT2D eigenvalue weighted by Gasteiger charge is -2.17. The Labute approximate surface area is 114 Å². The first-order chi connectivity index (χ1) is 8.24. The quantitative estimate of drug-likeness (QED) is 0.903. The predicted molar refractivity (Wildman–Crippen MR) is 78.6 cm³/mol. The summed E-state index contributed by atoms with van der Waals surface area (Å²) in [5, 5.41) is 0. The van der Waals surface area contributed by atoms with E-state index in [2.05, 4.69) is 20.8 Å². The van der Waals surface area contributed by atoms with Crippen molar-refractivity contribution in [1.29, 1.82) is 0 Å². The molecule has 0 fully saturated rings. The van der Waals surface area contributed by atoms with Crippen LogP contribution in [-0.4, -0.2) is 24.7 Å². The van der Waals surface area contributed by atoms with Gasteiger partial charge in [-0.1, -0.05) is 32.9 Å². The number of thioether (sulfide) groups is 1. The zero-order chi connectivity index (χ0) is 13.8. The van der Waals surface area contributed by atoms with Crippen LogP contribution >= 0.6 is 11.8 Å². The molecule has 2 N–H and O–H groups in total. The van der Waals surface area contributed by atoms with Crippen LogP contribution in [0.1, 0.15) is 26.3 Å². The first kappa shape index (κ1) is 15.5. The molecule has 0 aliphatic carbocycles. The third kappa shape index (κ3) is 5.00. The Hall–Kier alpha value is -0.520. The van der Waals surface area contributed by atoms with E-state index in [1.807, 2.05) is 0 Å². The minimum atomic E-state index is -3.17. The third-order valence-electron chi connectivity index (χ3n) is 2.41. The number of sulfone groups is 1. The van der Waals surface area contributed by atoms with E-state index in [1.165, 1.54) is 0 Å². The molecular weight excluding hydrogens is 266 g/mol. The Balaban J connectivity index is 2.68. The normalized spacial score (nSPS) is 12.7. The Morgan fingerprint density at radius 2 is 1.72 bits per heavy atom. The standard InChI is InChI=1S/C13H21NO2S2/c1-13(2,3)17-8-9-18(15,16)12-6-4-11(10-14)5-7-12/h4-7H,8-10,14H2,1-3H3. The average Bonchev–Trinajstić information content (AvgIpc) is 2.27. The van der Waals surface area contributed by atoms with Gasteiger partial charge in [-0.25, -0.2) is 8.42 Å². The molecule has 0 saturated heterocycles. The van der Waals surface area contributed by atoms with Crippen LogP contribution in [0.5, 0.6) is 0 Å². The summed E-state index contributed by atoms with van der Waals surface area (Å²) < 4.78 is 24.2. The van der Waals surface area contributed by atoms with Gasteiger partial charge in [0, 0.05) is 17.0 Å². The molecule has 0 aliphatic heterocycles. The molecule has 1 aromatic carbocycles. The molecule has 0 aromatic heterocycles. The molecule has 0 atom stereocenters. The van der Waals surface area contributed by atoms with E-state index in [0.717, 1.165) is 5.56 Å². The van der Waals surface area contributed by atoms with Crippen molar-refractivity contribution in [2.24, 2.45) is 5.73 Å². The van der Waals surface area contributed by atoms with Gasteiger partial charge in [0.15, 0.2) is 9.84 Å². The summed E-state index contributed by atoms with van der Waals surface area (Å²) in [6.45, 7) is 6.68. The fourth-order valence-corrected chi connectivity index (χ4v) is 4.02. The molecule has 0 amide bonds. The van der Waals surface area contributed by atoms with E-state index in [-0.39, 0.29) is 10.5 Å². The minimum absolute atomic E-state index is 0.0962. The van der Waals surface area contributed by atoms with Crippen molar-refractivity contribution in [3.63, 3.8) is 0 Å². The fraction of sp³-hybridized carbons (Fsp3) is 0.538. The summed E-state index contributed by atoms with van der Waals surface area (Å²) in [6.07, 6.45) is 0. The Morgan fingerprint density at radius 3 is 2.17 bits per heavy atom. The van der Waals surface area contributed by atoms with Crippen molar-refractivity contribution in [3.8, 4) is 0 Å². The van der Waals surface area contributed by atoms with Gasteiger partial charge >= 0.3 is 0 Å². The Kier molecular flexibility index (Phi) is 5.25. The summed E-state index contributed by atoms with van der Waals surface area (Å²) in [4.78, 5) is 0.384. The Morgan fingerprint density at radius 1 is 1.17 bits per heavy atom. The van der Waals surface area contributed by atoms with E-state index in [9.17, 15) is 8.42 Å². The highest BCUT2D eigenvalue weighted by atomic mass is 32.2. The van der Waals surface area contributed by atoms with Crippen molar-refractivity contribution in [1.82, 2.24) is 0 Å². The number of benzene rings is 1. The van der Waals surface area contributed by atoms with E-state index >= 15 is 0 Å². The maximum absolute atomic E-state index is 12.1. The second-order valence-electron chi connectivity index (χ2n) is 5.13. The molecule has 0 saturated carbocycles.